The van der Waals surface area contributed by atoms with Gasteiger partial charge in [0.1, 0.15) is 11.6 Å². The number of carbonyl (C=O) groups excluding carboxylic acids is 1. The lowest BCUT2D eigenvalue weighted by Crippen LogP contribution is -2.36. The van der Waals surface area contributed by atoms with Gasteiger partial charge in [0.15, 0.2) is 17.5 Å². The second kappa shape index (κ2) is 9.82. The van der Waals surface area contributed by atoms with Gasteiger partial charge in [-0.05, 0) is 50.1 Å². The first-order valence-electron chi connectivity index (χ1n) is 12.2. The molecule has 5 aromatic rings. The minimum Gasteiger partial charge on any atom is -0.331 e. The van der Waals surface area contributed by atoms with E-state index in [9.17, 15) is 9.18 Å². The number of aryl methyl sites for hydroxylation is 1. The van der Waals surface area contributed by atoms with Crippen LogP contribution < -0.4 is 10.6 Å². The van der Waals surface area contributed by atoms with Crippen LogP contribution in [-0.4, -0.2) is 40.5 Å². The van der Waals surface area contributed by atoms with Gasteiger partial charge < -0.3 is 10.6 Å². The molecule has 3 aromatic heterocycles. The SMILES string of the molecule is Cc1nc(CNC(=O)NCc2nc(C3CC3)nn2-c2ccc3cccnc3c2)n(-c2ccc(Cl)c(F)c2)n1. The Morgan fingerprint density at radius 2 is 1.71 bits per heavy atom. The van der Waals surface area contributed by atoms with E-state index in [0.29, 0.717) is 29.1 Å². The Bertz CT molecular complexity index is 1660. The smallest absolute Gasteiger partial charge is 0.315 e. The molecule has 38 heavy (non-hydrogen) atoms. The van der Waals surface area contributed by atoms with Crippen molar-refractivity contribution in [2.75, 3.05) is 0 Å². The molecule has 0 bridgehead atoms. The molecule has 1 aliphatic carbocycles. The van der Waals surface area contributed by atoms with E-state index < -0.39 is 11.8 Å². The summed E-state index contributed by atoms with van der Waals surface area (Å²) in [7, 11) is 0. The predicted octanol–water partition coefficient (Wildman–Crippen LogP) is 4.37. The Labute approximate surface area is 221 Å². The fraction of sp³-hybridized carbons (Fsp3) is 0.231. The number of urea groups is 1. The van der Waals surface area contributed by atoms with Gasteiger partial charge in [-0.3, -0.25) is 4.98 Å². The zero-order valence-electron chi connectivity index (χ0n) is 20.4. The first-order chi connectivity index (χ1) is 18.4. The van der Waals surface area contributed by atoms with Crippen molar-refractivity contribution in [1.29, 1.82) is 0 Å². The number of hydrogen-bond donors (Lipinski definition) is 2. The molecular formula is C26H23ClFN9O. The number of halogens is 2. The summed E-state index contributed by atoms with van der Waals surface area (Å²) < 4.78 is 17.2. The van der Waals surface area contributed by atoms with Crippen LogP contribution >= 0.6 is 11.6 Å². The molecule has 1 fully saturated rings. The maximum absolute atomic E-state index is 14.0. The summed E-state index contributed by atoms with van der Waals surface area (Å²) in [5.74, 6) is 2.13. The molecule has 0 radical (unpaired) electrons. The first-order valence-corrected chi connectivity index (χ1v) is 12.5. The zero-order chi connectivity index (χ0) is 26.2. The summed E-state index contributed by atoms with van der Waals surface area (Å²) in [6.07, 6.45) is 3.88. The highest BCUT2D eigenvalue weighted by Gasteiger charge is 2.29. The monoisotopic (exact) mass is 531 g/mol. The lowest BCUT2D eigenvalue weighted by atomic mass is 10.2. The van der Waals surface area contributed by atoms with E-state index in [1.807, 2.05) is 30.3 Å². The number of hydrogen-bond acceptors (Lipinski definition) is 6. The largest absolute Gasteiger partial charge is 0.331 e. The fourth-order valence-corrected chi connectivity index (χ4v) is 4.28. The van der Waals surface area contributed by atoms with Gasteiger partial charge in [0.2, 0.25) is 0 Å². The number of amides is 2. The maximum Gasteiger partial charge on any atom is 0.315 e. The van der Waals surface area contributed by atoms with E-state index in [2.05, 4.69) is 25.7 Å². The number of fused-ring (bicyclic) bond motifs is 1. The van der Waals surface area contributed by atoms with Crippen molar-refractivity contribution in [2.45, 2.75) is 38.8 Å². The summed E-state index contributed by atoms with van der Waals surface area (Å²) >= 11 is 5.80. The molecule has 0 aliphatic heterocycles. The highest BCUT2D eigenvalue weighted by molar-refractivity contribution is 6.30. The molecule has 0 spiro atoms. The lowest BCUT2D eigenvalue weighted by molar-refractivity contribution is 0.239. The molecule has 2 aromatic carbocycles. The Morgan fingerprint density at radius 3 is 2.47 bits per heavy atom. The first kappa shape index (κ1) is 24.0. The summed E-state index contributed by atoms with van der Waals surface area (Å²) in [5, 5.41) is 15.7. The molecule has 1 saturated carbocycles. The van der Waals surface area contributed by atoms with Crippen molar-refractivity contribution in [3.8, 4) is 11.4 Å². The van der Waals surface area contributed by atoms with Gasteiger partial charge in [0.05, 0.1) is 35.0 Å². The van der Waals surface area contributed by atoms with E-state index in [1.54, 1.807) is 23.9 Å². The van der Waals surface area contributed by atoms with Gasteiger partial charge in [0.25, 0.3) is 0 Å². The van der Waals surface area contributed by atoms with Gasteiger partial charge in [-0.25, -0.2) is 28.5 Å². The lowest BCUT2D eigenvalue weighted by Gasteiger charge is -2.10. The van der Waals surface area contributed by atoms with Crippen LogP contribution in [-0.2, 0) is 13.1 Å². The van der Waals surface area contributed by atoms with Gasteiger partial charge >= 0.3 is 6.03 Å². The Hall–Kier alpha value is -4.38. The van der Waals surface area contributed by atoms with Crippen LogP contribution in [0.5, 0.6) is 0 Å². The average Bonchev–Trinajstić information content (AvgIpc) is 3.58. The van der Waals surface area contributed by atoms with Crippen molar-refractivity contribution in [3.63, 3.8) is 0 Å². The van der Waals surface area contributed by atoms with Crippen molar-refractivity contribution in [1.82, 2.24) is 45.1 Å². The van der Waals surface area contributed by atoms with Crippen molar-refractivity contribution in [3.05, 3.63) is 88.9 Å². The standard InChI is InChI=1S/C26H23ClFN9O/c1-15-32-23(36(34-15)18-8-9-20(27)21(28)11-18)13-30-26(38)31-14-24-33-25(17-4-5-17)35-37(24)19-7-6-16-3-2-10-29-22(16)12-19/h2-3,6-12,17H,4-5,13-14H2,1H3,(H2,30,31,38). The molecule has 12 heteroatoms. The van der Waals surface area contributed by atoms with E-state index in [1.165, 1.54) is 16.8 Å². The fourth-order valence-electron chi connectivity index (χ4n) is 4.16. The molecule has 0 unspecified atom stereocenters. The number of rotatable bonds is 7. The van der Waals surface area contributed by atoms with Crippen LogP contribution in [0.4, 0.5) is 9.18 Å². The number of pyridine rings is 1. The molecule has 10 nitrogen and oxygen atoms in total. The Balaban J connectivity index is 1.16. The van der Waals surface area contributed by atoms with Crippen LogP contribution in [0.1, 0.15) is 42.1 Å². The van der Waals surface area contributed by atoms with E-state index in [0.717, 1.165) is 35.3 Å². The van der Waals surface area contributed by atoms with Gasteiger partial charge in [-0.1, -0.05) is 23.7 Å². The minimum atomic E-state index is -0.564. The third kappa shape index (κ3) is 4.92. The molecule has 3 heterocycles. The number of benzene rings is 2. The maximum atomic E-state index is 14.0. The number of nitrogens with one attached hydrogen (secondary N) is 2. The van der Waals surface area contributed by atoms with Gasteiger partial charge in [-0.2, -0.15) is 10.2 Å². The molecule has 0 atom stereocenters. The van der Waals surface area contributed by atoms with Crippen LogP contribution in [0, 0.1) is 12.7 Å². The Kier molecular flexibility index (Phi) is 6.20. The third-order valence-corrected chi connectivity index (χ3v) is 6.52. The van der Waals surface area contributed by atoms with Crippen molar-refractivity contribution in [2.24, 2.45) is 0 Å². The summed E-state index contributed by atoms with van der Waals surface area (Å²) in [4.78, 5) is 26.2. The molecule has 2 amide bonds. The van der Waals surface area contributed by atoms with Crippen molar-refractivity contribution >= 4 is 28.5 Å². The zero-order valence-corrected chi connectivity index (χ0v) is 21.2. The molecular weight excluding hydrogens is 509 g/mol. The Morgan fingerprint density at radius 1 is 1.00 bits per heavy atom. The van der Waals surface area contributed by atoms with Crippen molar-refractivity contribution < 1.29 is 9.18 Å². The topological polar surface area (TPSA) is 115 Å². The normalized spacial score (nSPS) is 13.1. The second-order valence-electron chi connectivity index (χ2n) is 9.07. The number of aromatic nitrogens is 7. The molecule has 2 N–H and O–H groups in total. The molecule has 0 saturated heterocycles. The highest BCUT2D eigenvalue weighted by atomic mass is 35.5. The third-order valence-electron chi connectivity index (χ3n) is 6.21. The van der Waals surface area contributed by atoms with Gasteiger partial charge in [-0.15, -0.1) is 0 Å². The number of nitrogens with zero attached hydrogens (tertiary/aromatic N) is 7. The van der Waals surface area contributed by atoms with Crippen LogP contribution in [0.15, 0.2) is 54.7 Å². The highest BCUT2D eigenvalue weighted by Crippen LogP contribution is 2.38. The van der Waals surface area contributed by atoms with Crippen LogP contribution in [0.2, 0.25) is 5.02 Å². The number of carbonyl (C=O) groups is 1. The van der Waals surface area contributed by atoms with E-state index in [-0.39, 0.29) is 18.1 Å². The molecule has 1 aliphatic rings. The average molecular weight is 532 g/mol. The quantitative estimate of drug-likeness (QED) is 0.322. The van der Waals surface area contributed by atoms with Gasteiger partial charge in [0, 0.05) is 23.6 Å². The van der Waals surface area contributed by atoms with Crippen LogP contribution in [0.25, 0.3) is 22.3 Å². The second-order valence-corrected chi connectivity index (χ2v) is 9.48. The van der Waals surface area contributed by atoms with E-state index >= 15 is 0 Å². The predicted molar refractivity (Wildman–Crippen MR) is 139 cm³/mol. The summed E-state index contributed by atoms with van der Waals surface area (Å²) in [5.41, 5.74) is 2.13. The summed E-state index contributed by atoms with van der Waals surface area (Å²) in [6.45, 7) is 1.96. The minimum absolute atomic E-state index is 0.0160. The van der Waals surface area contributed by atoms with Crippen LogP contribution in [0.3, 0.4) is 0 Å². The molecule has 192 valence electrons. The summed E-state index contributed by atoms with van der Waals surface area (Å²) in [6, 6.07) is 13.8. The molecule has 6 rings (SSSR count). The van der Waals surface area contributed by atoms with E-state index in [4.69, 9.17) is 21.7 Å².